The van der Waals surface area contributed by atoms with Gasteiger partial charge in [0, 0.05) is 10.7 Å². The van der Waals surface area contributed by atoms with Crippen LogP contribution in [0.4, 0.5) is 11.4 Å². The molecule has 0 saturated heterocycles. The van der Waals surface area contributed by atoms with E-state index in [0.717, 1.165) is 10.6 Å². The Bertz CT molecular complexity index is 918. The van der Waals surface area contributed by atoms with Crippen LogP contribution in [-0.4, -0.2) is 39.2 Å². The van der Waals surface area contributed by atoms with Crippen LogP contribution in [-0.2, 0) is 24.3 Å². The summed E-state index contributed by atoms with van der Waals surface area (Å²) in [7, 11) is -3.76. The molecule has 1 amide bonds. The molecule has 1 N–H and O–H groups in total. The SMILES string of the molecule is C[C@@H](OC(=O)CN(c1cccc(Cl)c1)S(C)(=O)=O)C(=O)Nc1ccccc1. The molecule has 0 aliphatic rings. The summed E-state index contributed by atoms with van der Waals surface area (Å²) < 4.78 is 30.0. The summed E-state index contributed by atoms with van der Waals surface area (Å²) in [6, 6.07) is 14.8. The van der Waals surface area contributed by atoms with Crippen molar-refractivity contribution in [1.29, 1.82) is 0 Å². The molecule has 27 heavy (non-hydrogen) atoms. The van der Waals surface area contributed by atoms with Crippen molar-refractivity contribution >= 4 is 44.9 Å². The third kappa shape index (κ3) is 6.26. The van der Waals surface area contributed by atoms with Gasteiger partial charge in [-0.3, -0.25) is 13.9 Å². The first-order chi connectivity index (χ1) is 12.7. The second-order valence-corrected chi connectivity index (χ2v) is 8.08. The van der Waals surface area contributed by atoms with Crippen molar-refractivity contribution in [3.8, 4) is 0 Å². The first kappa shape index (κ1) is 20.7. The van der Waals surface area contributed by atoms with Gasteiger partial charge in [0.1, 0.15) is 6.54 Å². The summed E-state index contributed by atoms with van der Waals surface area (Å²) in [6.45, 7) is 0.822. The zero-order valence-corrected chi connectivity index (χ0v) is 16.3. The van der Waals surface area contributed by atoms with Crippen LogP contribution in [0, 0.1) is 0 Å². The van der Waals surface area contributed by atoms with Crippen LogP contribution in [0.25, 0.3) is 0 Å². The van der Waals surface area contributed by atoms with Crippen molar-refractivity contribution in [2.75, 3.05) is 22.4 Å². The van der Waals surface area contributed by atoms with Crippen molar-refractivity contribution in [2.45, 2.75) is 13.0 Å². The standard InChI is InChI=1S/C18H19ClN2O5S/c1-13(18(23)20-15-8-4-3-5-9-15)26-17(22)12-21(27(2,24)25)16-10-6-7-14(19)11-16/h3-11,13H,12H2,1-2H3,(H,20,23)/t13-/m1/s1. The number of benzene rings is 2. The number of rotatable bonds is 7. The van der Waals surface area contributed by atoms with E-state index in [2.05, 4.69) is 5.32 Å². The Balaban J connectivity index is 2.04. The van der Waals surface area contributed by atoms with E-state index in [1.165, 1.54) is 19.1 Å². The molecule has 0 aliphatic carbocycles. The van der Waals surface area contributed by atoms with Crippen LogP contribution in [0.3, 0.4) is 0 Å². The number of carbonyl (C=O) groups excluding carboxylic acids is 2. The lowest BCUT2D eigenvalue weighted by atomic mass is 10.3. The fourth-order valence-corrected chi connectivity index (χ4v) is 3.22. The number of hydrogen-bond donors (Lipinski definition) is 1. The predicted octanol–water partition coefficient (Wildman–Crippen LogP) is 2.68. The largest absolute Gasteiger partial charge is 0.451 e. The van der Waals surface area contributed by atoms with Crippen LogP contribution in [0.15, 0.2) is 54.6 Å². The second-order valence-electron chi connectivity index (χ2n) is 5.74. The molecule has 0 radical (unpaired) electrons. The maximum atomic E-state index is 12.2. The van der Waals surface area contributed by atoms with Gasteiger partial charge in [0.25, 0.3) is 5.91 Å². The van der Waals surface area contributed by atoms with Crippen molar-refractivity contribution in [1.82, 2.24) is 0 Å². The molecule has 0 aromatic heterocycles. The highest BCUT2D eigenvalue weighted by Crippen LogP contribution is 2.21. The zero-order chi connectivity index (χ0) is 20.0. The van der Waals surface area contributed by atoms with E-state index in [1.54, 1.807) is 42.5 Å². The van der Waals surface area contributed by atoms with Crippen LogP contribution in [0.5, 0.6) is 0 Å². The highest BCUT2D eigenvalue weighted by atomic mass is 35.5. The van der Waals surface area contributed by atoms with Gasteiger partial charge in [-0.1, -0.05) is 35.9 Å². The molecule has 0 heterocycles. The Morgan fingerprint density at radius 2 is 1.81 bits per heavy atom. The molecule has 0 unspecified atom stereocenters. The van der Waals surface area contributed by atoms with E-state index >= 15 is 0 Å². The molecule has 1 atom stereocenters. The minimum Gasteiger partial charge on any atom is -0.451 e. The van der Waals surface area contributed by atoms with E-state index in [1.807, 2.05) is 0 Å². The van der Waals surface area contributed by atoms with Gasteiger partial charge in [0.2, 0.25) is 10.0 Å². The van der Waals surface area contributed by atoms with Crippen molar-refractivity contribution in [3.05, 3.63) is 59.6 Å². The van der Waals surface area contributed by atoms with E-state index in [0.29, 0.717) is 10.7 Å². The van der Waals surface area contributed by atoms with Gasteiger partial charge in [-0.25, -0.2) is 8.42 Å². The molecule has 0 aliphatic heterocycles. The molecule has 0 bridgehead atoms. The molecule has 2 rings (SSSR count). The third-order valence-corrected chi connectivity index (χ3v) is 4.86. The number of hydrogen-bond acceptors (Lipinski definition) is 5. The summed E-state index contributed by atoms with van der Waals surface area (Å²) in [6.07, 6.45) is -0.134. The van der Waals surface area contributed by atoms with E-state index in [9.17, 15) is 18.0 Å². The maximum absolute atomic E-state index is 12.2. The predicted molar refractivity (Wildman–Crippen MR) is 104 cm³/mol. The Morgan fingerprint density at radius 1 is 1.15 bits per heavy atom. The molecular formula is C18H19ClN2O5S. The molecule has 2 aromatic carbocycles. The Morgan fingerprint density at radius 3 is 2.41 bits per heavy atom. The summed E-state index contributed by atoms with van der Waals surface area (Å²) in [5, 5.41) is 2.93. The van der Waals surface area contributed by atoms with Gasteiger partial charge in [-0.15, -0.1) is 0 Å². The van der Waals surface area contributed by atoms with Gasteiger partial charge < -0.3 is 10.1 Å². The molecule has 2 aromatic rings. The van der Waals surface area contributed by atoms with Crippen LogP contribution in [0.2, 0.25) is 5.02 Å². The number of amides is 1. The number of carbonyl (C=O) groups is 2. The minimum absolute atomic E-state index is 0.225. The fourth-order valence-electron chi connectivity index (χ4n) is 2.20. The highest BCUT2D eigenvalue weighted by molar-refractivity contribution is 7.92. The number of nitrogens with zero attached hydrogens (tertiary/aromatic N) is 1. The number of anilines is 2. The Hall–Kier alpha value is -2.58. The number of halogens is 1. The quantitative estimate of drug-likeness (QED) is 0.708. The number of ether oxygens (including phenoxy) is 1. The number of para-hydroxylation sites is 1. The topological polar surface area (TPSA) is 92.8 Å². The minimum atomic E-state index is -3.76. The highest BCUT2D eigenvalue weighted by Gasteiger charge is 2.25. The lowest BCUT2D eigenvalue weighted by molar-refractivity contribution is -0.151. The van der Waals surface area contributed by atoms with E-state index in [-0.39, 0.29) is 5.69 Å². The first-order valence-electron chi connectivity index (χ1n) is 7.95. The molecule has 0 spiro atoms. The smallest absolute Gasteiger partial charge is 0.327 e. The van der Waals surface area contributed by atoms with Crippen LogP contribution >= 0.6 is 11.6 Å². The van der Waals surface area contributed by atoms with Gasteiger partial charge in [0.15, 0.2) is 6.10 Å². The molecule has 0 fully saturated rings. The van der Waals surface area contributed by atoms with Crippen LogP contribution < -0.4 is 9.62 Å². The van der Waals surface area contributed by atoms with Gasteiger partial charge in [-0.05, 0) is 37.3 Å². The zero-order valence-electron chi connectivity index (χ0n) is 14.8. The molecular weight excluding hydrogens is 392 g/mol. The van der Waals surface area contributed by atoms with Crippen molar-refractivity contribution < 1.29 is 22.7 Å². The molecule has 0 saturated carbocycles. The molecule has 9 heteroatoms. The first-order valence-corrected chi connectivity index (χ1v) is 10.2. The van der Waals surface area contributed by atoms with Gasteiger partial charge in [0.05, 0.1) is 11.9 Å². The average Bonchev–Trinajstić information content (AvgIpc) is 2.59. The Labute approximate surface area is 162 Å². The normalized spacial score (nSPS) is 12.1. The molecule has 144 valence electrons. The summed E-state index contributed by atoms with van der Waals surface area (Å²) in [5.74, 6) is -1.39. The van der Waals surface area contributed by atoms with Crippen molar-refractivity contribution in [3.63, 3.8) is 0 Å². The number of esters is 1. The van der Waals surface area contributed by atoms with E-state index < -0.39 is 34.5 Å². The summed E-state index contributed by atoms with van der Waals surface area (Å²) in [5.41, 5.74) is 0.783. The number of nitrogens with one attached hydrogen (secondary N) is 1. The third-order valence-electron chi connectivity index (χ3n) is 3.49. The van der Waals surface area contributed by atoms with Crippen LogP contribution in [0.1, 0.15) is 6.92 Å². The summed E-state index contributed by atoms with van der Waals surface area (Å²) >= 11 is 5.89. The number of sulfonamides is 1. The molecule has 7 nitrogen and oxygen atoms in total. The van der Waals surface area contributed by atoms with Gasteiger partial charge in [-0.2, -0.15) is 0 Å². The monoisotopic (exact) mass is 410 g/mol. The lowest BCUT2D eigenvalue weighted by Gasteiger charge is -2.22. The average molecular weight is 411 g/mol. The maximum Gasteiger partial charge on any atom is 0.327 e. The fraction of sp³-hybridized carbons (Fsp3) is 0.222. The van der Waals surface area contributed by atoms with E-state index in [4.69, 9.17) is 16.3 Å². The van der Waals surface area contributed by atoms with Gasteiger partial charge >= 0.3 is 5.97 Å². The summed E-state index contributed by atoms with van der Waals surface area (Å²) in [4.78, 5) is 24.3. The lowest BCUT2D eigenvalue weighted by Crippen LogP contribution is -2.38. The Kier molecular flexibility index (Phi) is 6.81. The second kappa shape index (κ2) is 8.88. The van der Waals surface area contributed by atoms with Crippen molar-refractivity contribution in [2.24, 2.45) is 0 Å².